The fraction of sp³-hybridized carbons (Fsp3) is 0.667. The van der Waals surface area contributed by atoms with Crippen LogP contribution in [0.5, 0.6) is 0 Å². The summed E-state index contributed by atoms with van der Waals surface area (Å²) in [5.41, 5.74) is 1.99. The molecule has 0 saturated carbocycles. The average molecular weight is 237 g/mol. The highest BCUT2D eigenvalue weighted by atomic mass is 32.1. The van der Waals surface area contributed by atoms with E-state index in [-0.39, 0.29) is 10.8 Å². The lowest BCUT2D eigenvalue weighted by Gasteiger charge is -2.16. The fourth-order valence-electron chi connectivity index (χ4n) is 1.50. The van der Waals surface area contributed by atoms with Crippen molar-refractivity contribution in [2.75, 3.05) is 0 Å². The minimum atomic E-state index is 0.260. The Hall–Kier alpha value is -0.430. The first-order valence-electron chi connectivity index (χ1n) is 6.12. The summed E-state index contributed by atoms with van der Waals surface area (Å²) in [6, 6.07) is 4.75. The lowest BCUT2D eigenvalue weighted by atomic mass is 9.91. The van der Waals surface area contributed by atoms with Crippen LogP contribution < -0.4 is 0 Å². The lowest BCUT2D eigenvalue weighted by Crippen LogP contribution is -2.14. The van der Waals surface area contributed by atoms with E-state index in [9.17, 15) is 0 Å². The van der Waals surface area contributed by atoms with Gasteiger partial charge in [0.25, 0.3) is 0 Å². The summed E-state index contributed by atoms with van der Waals surface area (Å²) in [4.78, 5) is 2.99. The lowest BCUT2D eigenvalue weighted by molar-refractivity contribution is 0.591. The van der Waals surface area contributed by atoms with Crippen LogP contribution in [0.1, 0.15) is 63.8 Å². The molecule has 0 spiro atoms. The van der Waals surface area contributed by atoms with Gasteiger partial charge in [-0.3, -0.25) is 0 Å². The van der Waals surface area contributed by atoms with Crippen molar-refractivity contribution in [3.8, 4) is 0 Å². The summed E-state index contributed by atoms with van der Waals surface area (Å²) in [5.74, 6) is 0. The first kappa shape index (κ1) is 13.6. The molecule has 1 heterocycles. The molecule has 0 nitrogen and oxygen atoms in total. The van der Waals surface area contributed by atoms with Crippen LogP contribution in [0.2, 0.25) is 0 Å². The van der Waals surface area contributed by atoms with Crippen LogP contribution in [-0.4, -0.2) is 0 Å². The van der Waals surface area contributed by atoms with Gasteiger partial charge in [-0.2, -0.15) is 0 Å². The fourth-order valence-corrected chi connectivity index (χ4v) is 2.77. The van der Waals surface area contributed by atoms with E-state index < -0.39 is 0 Å². The quantitative estimate of drug-likeness (QED) is 0.590. The largest absolute Gasteiger partial charge is 0.219 e. The van der Waals surface area contributed by atoms with Gasteiger partial charge in [0, 0.05) is 23.0 Å². The minimum Gasteiger partial charge on any atom is -0.0613 e. The second-order valence-corrected chi connectivity index (χ2v) is 7.63. The maximum absolute atomic E-state index is 2.37. The maximum Gasteiger partial charge on any atom is 0.219 e. The van der Waals surface area contributed by atoms with Crippen molar-refractivity contribution < 1.29 is 0 Å². The zero-order valence-corrected chi connectivity index (χ0v) is 12.6. The van der Waals surface area contributed by atoms with Crippen LogP contribution in [0, 0.1) is 0 Å². The molecule has 1 rings (SSSR count). The summed E-state index contributed by atoms with van der Waals surface area (Å²) in [6.07, 6.45) is 1.12. The highest BCUT2D eigenvalue weighted by molar-refractivity contribution is 7.12. The van der Waals surface area contributed by atoms with E-state index in [1.165, 1.54) is 15.3 Å². The molecule has 0 atom stereocenters. The van der Waals surface area contributed by atoms with E-state index in [0.29, 0.717) is 0 Å². The molecule has 0 aliphatic heterocycles. The van der Waals surface area contributed by atoms with Gasteiger partial charge in [0.1, 0.15) is 0 Å². The Balaban J connectivity index is 3.33. The highest BCUT2D eigenvalue weighted by Gasteiger charge is 2.31. The molecule has 0 aromatic carbocycles. The zero-order valence-electron chi connectivity index (χ0n) is 11.8. The molecular weight excluding hydrogens is 212 g/mol. The van der Waals surface area contributed by atoms with Gasteiger partial charge >= 0.3 is 0 Å². The summed E-state index contributed by atoms with van der Waals surface area (Å²) >= 11 is 1.97. The van der Waals surface area contributed by atoms with Crippen molar-refractivity contribution >= 4 is 11.3 Å². The van der Waals surface area contributed by atoms with Crippen LogP contribution in [-0.2, 0) is 17.3 Å². The molecule has 90 valence electrons. The third kappa shape index (κ3) is 3.28. The van der Waals surface area contributed by atoms with Gasteiger partial charge < -0.3 is 0 Å². The molecule has 0 amide bonds. The van der Waals surface area contributed by atoms with E-state index in [4.69, 9.17) is 0 Å². The maximum atomic E-state index is 2.37. The molecule has 0 bridgehead atoms. The van der Waals surface area contributed by atoms with Crippen molar-refractivity contribution in [2.45, 2.75) is 65.7 Å². The summed E-state index contributed by atoms with van der Waals surface area (Å²) < 4.78 is 0. The number of rotatable bonds is 1. The number of hydrogen-bond acceptors (Lipinski definition) is 0. The highest BCUT2D eigenvalue weighted by Crippen LogP contribution is 2.35. The smallest absolute Gasteiger partial charge is 0.0613 e. The van der Waals surface area contributed by atoms with Crippen molar-refractivity contribution in [3.63, 3.8) is 0 Å². The van der Waals surface area contributed by atoms with Crippen LogP contribution in [0.3, 0.4) is 0 Å². The Bertz CT molecular complexity index is 332. The van der Waals surface area contributed by atoms with Crippen molar-refractivity contribution in [1.82, 2.24) is 0 Å². The van der Waals surface area contributed by atoms with Crippen LogP contribution in [0.25, 0.3) is 0 Å². The second-order valence-electron chi connectivity index (χ2n) is 6.55. The molecule has 0 aliphatic carbocycles. The SMILES string of the molecule is CCc1cc(C(C)(C)C)[s+]c(C(C)(C)C)c1. The van der Waals surface area contributed by atoms with Gasteiger partial charge in [0.05, 0.1) is 0 Å². The van der Waals surface area contributed by atoms with Gasteiger partial charge in [0.2, 0.25) is 21.1 Å². The Kier molecular flexibility index (Phi) is 3.79. The molecule has 0 saturated heterocycles. The van der Waals surface area contributed by atoms with Gasteiger partial charge in [-0.15, -0.1) is 0 Å². The van der Waals surface area contributed by atoms with E-state index in [2.05, 4.69) is 60.6 Å². The topological polar surface area (TPSA) is 0 Å². The second kappa shape index (κ2) is 4.44. The average Bonchev–Trinajstić information content (AvgIpc) is 2.14. The number of aryl methyl sites for hydroxylation is 1. The Labute approximate surface area is 105 Å². The van der Waals surface area contributed by atoms with Crippen molar-refractivity contribution in [3.05, 3.63) is 27.5 Å². The molecule has 1 aromatic heterocycles. The minimum absolute atomic E-state index is 0.260. The molecule has 0 fully saturated rings. The van der Waals surface area contributed by atoms with Crippen molar-refractivity contribution in [2.24, 2.45) is 0 Å². The van der Waals surface area contributed by atoms with Gasteiger partial charge in [-0.1, -0.05) is 48.5 Å². The number of hydrogen-bond donors (Lipinski definition) is 0. The van der Waals surface area contributed by atoms with E-state index >= 15 is 0 Å². The molecule has 0 N–H and O–H groups in total. The molecule has 0 unspecified atom stereocenters. The third-order valence-corrected chi connectivity index (χ3v) is 4.64. The molecular formula is C15H25S+. The van der Waals surface area contributed by atoms with Gasteiger partial charge in [0.15, 0.2) is 0 Å². The van der Waals surface area contributed by atoms with Gasteiger partial charge in [-0.05, 0) is 12.0 Å². The van der Waals surface area contributed by atoms with E-state index in [0.717, 1.165) is 6.42 Å². The summed E-state index contributed by atoms with van der Waals surface area (Å²) in [7, 11) is 0. The predicted molar refractivity (Wildman–Crippen MR) is 75.5 cm³/mol. The normalized spacial score (nSPS) is 12.9. The molecule has 1 heteroatoms. The van der Waals surface area contributed by atoms with E-state index in [1.54, 1.807) is 0 Å². The molecule has 0 aliphatic rings. The third-order valence-electron chi connectivity index (χ3n) is 2.74. The van der Waals surface area contributed by atoms with Crippen LogP contribution in [0.4, 0.5) is 0 Å². The van der Waals surface area contributed by atoms with Gasteiger partial charge in [-0.25, -0.2) is 0 Å². The van der Waals surface area contributed by atoms with Crippen LogP contribution >= 0.6 is 11.3 Å². The predicted octanol–water partition coefficient (Wildman–Crippen LogP) is 5.19. The first-order valence-corrected chi connectivity index (χ1v) is 6.94. The molecule has 1 aromatic rings. The molecule has 16 heavy (non-hydrogen) atoms. The Morgan fingerprint density at radius 1 is 0.875 bits per heavy atom. The summed E-state index contributed by atoms with van der Waals surface area (Å²) in [6.45, 7) is 16.0. The first-order chi connectivity index (χ1) is 7.14. The van der Waals surface area contributed by atoms with Crippen LogP contribution in [0.15, 0.2) is 12.1 Å². The van der Waals surface area contributed by atoms with E-state index in [1.807, 2.05) is 11.3 Å². The monoisotopic (exact) mass is 237 g/mol. The zero-order chi connectivity index (χ0) is 12.6. The Morgan fingerprint density at radius 3 is 1.50 bits per heavy atom. The Morgan fingerprint density at radius 2 is 1.25 bits per heavy atom. The van der Waals surface area contributed by atoms with Crippen molar-refractivity contribution in [1.29, 1.82) is 0 Å². The molecule has 0 radical (unpaired) electrons. The summed E-state index contributed by atoms with van der Waals surface area (Å²) in [5, 5.41) is 0. The standard InChI is InChI=1S/C15H25S/c1-8-11-9-12(14(2,3)4)16-13(10-11)15(5,6)7/h9-10H,8H2,1-7H3/q+1.